The van der Waals surface area contributed by atoms with Gasteiger partial charge < -0.3 is 10.2 Å². The summed E-state index contributed by atoms with van der Waals surface area (Å²) in [4.78, 5) is 16.4. The number of carbonyl (C=O) groups excluding carboxylic acids is 1. The average molecular weight is 269 g/mol. The predicted octanol–water partition coefficient (Wildman–Crippen LogP) is 1.59. The first-order valence-corrected chi connectivity index (χ1v) is 6.87. The van der Waals surface area contributed by atoms with Gasteiger partial charge in [0.1, 0.15) is 6.04 Å². The van der Waals surface area contributed by atoms with Crippen LogP contribution in [0.1, 0.15) is 27.7 Å². The third-order valence-electron chi connectivity index (χ3n) is 3.23. The van der Waals surface area contributed by atoms with Crippen LogP contribution < -0.4 is 5.32 Å². The van der Waals surface area contributed by atoms with Gasteiger partial charge in [-0.1, -0.05) is 19.9 Å². The number of nitrogens with zero attached hydrogens (tertiary/aromatic N) is 2. The predicted molar refractivity (Wildman–Crippen MR) is 82.2 cm³/mol. The maximum Gasteiger partial charge on any atom is 0.241 e. The Hall–Kier alpha value is -0.870. The van der Waals surface area contributed by atoms with Gasteiger partial charge in [0, 0.05) is 19.1 Å². The molecule has 4 heteroatoms. The maximum atomic E-state index is 12.2. The third-order valence-corrected chi connectivity index (χ3v) is 3.23. The zero-order chi connectivity index (χ0) is 15.2. The van der Waals surface area contributed by atoms with Crippen molar-refractivity contribution in [3.05, 3.63) is 12.7 Å². The minimum atomic E-state index is -0.268. The van der Waals surface area contributed by atoms with E-state index < -0.39 is 0 Å². The van der Waals surface area contributed by atoms with E-state index in [0.717, 1.165) is 6.54 Å². The Morgan fingerprint density at radius 1 is 1.32 bits per heavy atom. The quantitative estimate of drug-likeness (QED) is 0.680. The molecule has 4 nitrogen and oxygen atoms in total. The second-order valence-electron chi connectivity index (χ2n) is 6.56. The smallest absolute Gasteiger partial charge is 0.241 e. The van der Waals surface area contributed by atoms with Crippen molar-refractivity contribution < 1.29 is 4.79 Å². The average Bonchev–Trinajstić information content (AvgIpc) is 2.25. The van der Waals surface area contributed by atoms with E-state index in [2.05, 4.69) is 44.5 Å². The van der Waals surface area contributed by atoms with Crippen molar-refractivity contribution in [2.45, 2.75) is 39.8 Å². The molecule has 0 aromatic heterocycles. The highest BCUT2D eigenvalue weighted by Gasteiger charge is 2.25. The standard InChI is InChI=1S/C15H31N3O/c1-9-13(18(8)12(2)3)14(19)16-10-15(4,5)11-17(6)7/h9,12-13H,1,10-11H2,2-8H3,(H,16,19)/t13-/m1/s1. The van der Waals surface area contributed by atoms with Gasteiger partial charge in [0.25, 0.3) is 0 Å². The molecule has 19 heavy (non-hydrogen) atoms. The van der Waals surface area contributed by atoms with Crippen molar-refractivity contribution >= 4 is 5.91 Å². The largest absolute Gasteiger partial charge is 0.354 e. The van der Waals surface area contributed by atoms with E-state index in [9.17, 15) is 4.79 Å². The number of amides is 1. The van der Waals surface area contributed by atoms with E-state index in [-0.39, 0.29) is 17.4 Å². The number of hydrogen-bond acceptors (Lipinski definition) is 3. The van der Waals surface area contributed by atoms with Crippen LogP contribution in [0.5, 0.6) is 0 Å². The van der Waals surface area contributed by atoms with Gasteiger partial charge in [-0.05, 0) is 40.4 Å². The van der Waals surface area contributed by atoms with E-state index in [0.29, 0.717) is 12.6 Å². The molecule has 0 unspecified atom stereocenters. The molecule has 0 rings (SSSR count). The number of carbonyl (C=O) groups is 1. The molecule has 1 atom stereocenters. The molecule has 0 aliphatic rings. The minimum absolute atomic E-state index is 0.0260. The number of hydrogen-bond donors (Lipinski definition) is 1. The first-order chi connectivity index (χ1) is 8.60. The van der Waals surface area contributed by atoms with Crippen molar-refractivity contribution in [1.82, 2.24) is 15.1 Å². The first-order valence-electron chi connectivity index (χ1n) is 6.87. The fourth-order valence-corrected chi connectivity index (χ4v) is 2.12. The Morgan fingerprint density at radius 2 is 1.84 bits per heavy atom. The van der Waals surface area contributed by atoms with Gasteiger partial charge in [-0.3, -0.25) is 9.69 Å². The molecule has 0 fully saturated rings. The van der Waals surface area contributed by atoms with Crippen molar-refractivity contribution in [3.63, 3.8) is 0 Å². The van der Waals surface area contributed by atoms with Crippen LogP contribution in [0.2, 0.25) is 0 Å². The lowest BCUT2D eigenvalue weighted by Crippen LogP contribution is -2.49. The van der Waals surface area contributed by atoms with Crippen LogP contribution in [0.25, 0.3) is 0 Å². The highest BCUT2D eigenvalue weighted by molar-refractivity contribution is 5.83. The van der Waals surface area contributed by atoms with Crippen LogP contribution in [0.15, 0.2) is 12.7 Å². The Balaban J connectivity index is 4.47. The molecule has 0 spiro atoms. The summed E-state index contributed by atoms with van der Waals surface area (Å²) >= 11 is 0. The molecule has 1 N–H and O–H groups in total. The highest BCUT2D eigenvalue weighted by atomic mass is 16.2. The fourth-order valence-electron chi connectivity index (χ4n) is 2.12. The number of rotatable bonds is 8. The zero-order valence-corrected chi connectivity index (χ0v) is 13.7. The highest BCUT2D eigenvalue weighted by Crippen LogP contribution is 2.14. The summed E-state index contributed by atoms with van der Waals surface area (Å²) in [6.45, 7) is 13.8. The molecular formula is C15H31N3O. The van der Waals surface area contributed by atoms with Crippen LogP contribution >= 0.6 is 0 Å². The summed E-state index contributed by atoms with van der Waals surface area (Å²) in [5.74, 6) is 0.0260. The van der Waals surface area contributed by atoms with Gasteiger partial charge in [0.15, 0.2) is 0 Å². The van der Waals surface area contributed by atoms with Crippen LogP contribution in [-0.2, 0) is 4.79 Å². The van der Waals surface area contributed by atoms with Gasteiger partial charge >= 0.3 is 0 Å². The Bertz CT molecular complexity index is 298. The van der Waals surface area contributed by atoms with Crippen LogP contribution in [0, 0.1) is 5.41 Å². The lowest BCUT2D eigenvalue weighted by atomic mass is 9.93. The second-order valence-corrected chi connectivity index (χ2v) is 6.56. The Kier molecular flexibility index (Phi) is 7.30. The molecule has 0 saturated carbocycles. The van der Waals surface area contributed by atoms with E-state index in [4.69, 9.17) is 0 Å². The fraction of sp³-hybridized carbons (Fsp3) is 0.800. The third kappa shape index (κ3) is 6.73. The van der Waals surface area contributed by atoms with Gasteiger partial charge in [-0.25, -0.2) is 0 Å². The van der Waals surface area contributed by atoms with Crippen LogP contribution in [0.3, 0.4) is 0 Å². The molecule has 0 saturated heterocycles. The molecule has 0 radical (unpaired) electrons. The SMILES string of the molecule is C=C[C@H](C(=O)NCC(C)(C)CN(C)C)N(C)C(C)C. The van der Waals surface area contributed by atoms with E-state index in [1.807, 2.05) is 26.0 Å². The zero-order valence-electron chi connectivity index (χ0n) is 13.7. The molecule has 112 valence electrons. The van der Waals surface area contributed by atoms with Crippen molar-refractivity contribution in [3.8, 4) is 0 Å². The summed E-state index contributed by atoms with van der Waals surface area (Å²) < 4.78 is 0. The molecule has 0 bridgehead atoms. The van der Waals surface area contributed by atoms with E-state index >= 15 is 0 Å². The molecule has 0 aliphatic heterocycles. The summed E-state index contributed by atoms with van der Waals surface area (Å²) in [5, 5.41) is 3.04. The molecule has 0 aromatic rings. The van der Waals surface area contributed by atoms with Gasteiger partial charge in [0.2, 0.25) is 5.91 Å². The van der Waals surface area contributed by atoms with E-state index in [1.165, 1.54) is 0 Å². The molecule has 0 heterocycles. The lowest BCUT2D eigenvalue weighted by molar-refractivity contribution is -0.125. The lowest BCUT2D eigenvalue weighted by Gasteiger charge is -2.31. The van der Waals surface area contributed by atoms with Crippen LogP contribution in [-0.4, -0.2) is 62.0 Å². The summed E-state index contributed by atoms with van der Waals surface area (Å²) in [7, 11) is 6.03. The summed E-state index contributed by atoms with van der Waals surface area (Å²) in [5.41, 5.74) is 0.0568. The Labute approximate surface area is 118 Å². The van der Waals surface area contributed by atoms with Crippen LogP contribution in [0.4, 0.5) is 0 Å². The molecule has 1 amide bonds. The van der Waals surface area contributed by atoms with Gasteiger partial charge in [-0.2, -0.15) is 0 Å². The molecular weight excluding hydrogens is 238 g/mol. The van der Waals surface area contributed by atoms with Crippen molar-refractivity contribution in [1.29, 1.82) is 0 Å². The molecule has 0 aliphatic carbocycles. The van der Waals surface area contributed by atoms with Gasteiger partial charge in [-0.15, -0.1) is 6.58 Å². The maximum absolute atomic E-state index is 12.2. The first kappa shape index (κ1) is 18.1. The summed E-state index contributed by atoms with van der Waals surface area (Å²) in [6, 6.07) is 0.0405. The summed E-state index contributed by atoms with van der Waals surface area (Å²) in [6.07, 6.45) is 1.70. The number of nitrogens with one attached hydrogen (secondary N) is 1. The second kappa shape index (κ2) is 7.65. The number of likely N-dealkylation sites (N-methyl/N-ethyl adjacent to an activating group) is 1. The Morgan fingerprint density at radius 3 is 2.21 bits per heavy atom. The van der Waals surface area contributed by atoms with Crippen molar-refractivity contribution in [2.75, 3.05) is 34.2 Å². The van der Waals surface area contributed by atoms with Gasteiger partial charge in [0.05, 0.1) is 0 Å². The van der Waals surface area contributed by atoms with Crippen molar-refractivity contribution in [2.24, 2.45) is 5.41 Å². The monoisotopic (exact) mass is 269 g/mol. The van der Waals surface area contributed by atoms with E-state index in [1.54, 1.807) is 6.08 Å². The topological polar surface area (TPSA) is 35.6 Å². The normalized spacial score (nSPS) is 14.0. The minimum Gasteiger partial charge on any atom is -0.354 e. The molecule has 0 aromatic carbocycles.